The minimum atomic E-state index is 0.526. The second-order valence-corrected chi connectivity index (χ2v) is 5.04. The maximum Gasteiger partial charge on any atom is 0.0577 e. The fourth-order valence-corrected chi connectivity index (χ4v) is 2.32. The van der Waals surface area contributed by atoms with Crippen LogP contribution in [0.2, 0.25) is 0 Å². The van der Waals surface area contributed by atoms with Crippen molar-refractivity contribution in [3.63, 3.8) is 0 Å². The Morgan fingerprint density at radius 1 is 1.53 bits per heavy atom. The molecule has 0 radical (unpaired) electrons. The monoisotopic (exact) mass is 269 g/mol. The topological polar surface area (TPSA) is 41.3 Å². The summed E-state index contributed by atoms with van der Waals surface area (Å²) in [5.41, 5.74) is 7.77. The van der Waals surface area contributed by atoms with Crippen LogP contribution in [-0.2, 0) is 0 Å². The van der Waals surface area contributed by atoms with Crippen molar-refractivity contribution in [3.05, 3.63) is 22.7 Å². The molecule has 0 saturated carbocycles. The van der Waals surface area contributed by atoms with Crippen molar-refractivity contribution in [1.29, 1.82) is 0 Å². The van der Waals surface area contributed by atoms with Crippen LogP contribution >= 0.6 is 15.9 Å². The van der Waals surface area contributed by atoms with Crippen molar-refractivity contribution >= 4 is 27.3 Å². The van der Waals surface area contributed by atoms with E-state index < -0.39 is 0 Å². The maximum atomic E-state index is 5.93. The molecule has 0 amide bonds. The van der Waals surface area contributed by atoms with Crippen LogP contribution in [-0.4, -0.2) is 31.1 Å². The van der Waals surface area contributed by atoms with Gasteiger partial charge in [0.1, 0.15) is 0 Å². The van der Waals surface area contributed by atoms with Gasteiger partial charge in [0, 0.05) is 17.1 Å². The van der Waals surface area contributed by atoms with Crippen LogP contribution in [0.25, 0.3) is 0 Å². The molecule has 3 N–H and O–H groups in total. The second-order valence-electron chi connectivity index (χ2n) is 4.12. The molecule has 0 spiro atoms. The van der Waals surface area contributed by atoms with Gasteiger partial charge in [0.2, 0.25) is 0 Å². The maximum absolute atomic E-state index is 5.93. The van der Waals surface area contributed by atoms with E-state index in [0.29, 0.717) is 6.04 Å². The molecule has 0 aliphatic carbocycles. The van der Waals surface area contributed by atoms with Gasteiger partial charge in [-0.1, -0.05) is 15.9 Å². The van der Waals surface area contributed by atoms with E-state index in [9.17, 15) is 0 Å². The lowest BCUT2D eigenvalue weighted by Crippen LogP contribution is -2.23. The van der Waals surface area contributed by atoms with E-state index in [1.165, 1.54) is 6.42 Å². The van der Waals surface area contributed by atoms with Crippen molar-refractivity contribution in [1.82, 2.24) is 4.90 Å². The third-order valence-corrected chi connectivity index (χ3v) is 3.26. The van der Waals surface area contributed by atoms with Crippen LogP contribution in [0.1, 0.15) is 6.42 Å². The number of hydrogen-bond donors (Lipinski definition) is 2. The average Bonchev–Trinajstić information content (AvgIpc) is 2.56. The van der Waals surface area contributed by atoms with E-state index in [-0.39, 0.29) is 0 Å². The standard InChI is InChI=1S/C11H16BrN3/c1-15-5-4-9(7-15)14-11-3-2-8(12)6-10(11)13/h2-3,6,9,14H,4-5,7,13H2,1H3. The minimum Gasteiger partial charge on any atom is -0.397 e. The highest BCUT2D eigenvalue weighted by Gasteiger charge is 2.19. The van der Waals surface area contributed by atoms with Gasteiger partial charge in [0.15, 0.2) is 0 Å². The number of nitrogens with one attached hydrogen (secondary N) is 1. The van der Waals surface area contributed by atoms with Gasteiger partial charge in [-0.15, -0.1) is 0 Å². The van der Waals surface area contributed by atoms with E-state index in [4.69, 9.17) is 5.73 Å². The van der Waals surface area contributed by atoms with Crippen LogP contribution in [0.15, 0.2) is 22.7 Å². The molecule has 0 aromatic heterocycles. The largest absolute Gasteiger partial charge is 0.397 e. The third kappa shape index (κ3) is 2.63. The van der Waals surface area contributed by atoms with Crippen molar-refractivity contribution in [2.24, 2.45) is 0 Å². The third-order valence-electron chi connectivity index (χ3n) is 2.76. The van der Waals surface area contributed by atoms with E-state index in [0.717, 1.165) is 28.9 Å². The molecule has 1 aromatic carbocycles. The van der Waals surface area contributed by atoms with Crippen LogP contribution in [0.3, 0.4) is 0 Å². The van der Waals surface area contributed by atoms with Crippen LogP contribution in [0.4, 0.5) is 11.4 Å². The first kappa shape index (κ1) is 10.8. The zero-order chi connectivity index (χ0) is 10.8. The molecule has 1 fully saturated rings. The molecule has 2 rings (SSSR count). The van der Waals surface area contributed by atoms with Gasteiger partial charge in [-0.2, -0.15) is 0 Å². The van der Waals surface area contributed by atoms with Crippen molar-refractivity contribution in [2.45, 2.75) is 12.5 Å². The lowest BCUT2D eigenvalue weighted by molar-refractivity contribution is 0.414. The number of hydrogen-bond acceptors (Lipinski definition) is 3. The molecule has 1 aliphatic heterocycles. The van der Waals surface area contributed by atoms with Crippen LogP contribution in [0.5, 0.6) is 0 Å². The Hall–Kier alpha value is -0.740. The Morgan fingerprint density at radius 2 is 2.33 bits per heavy atom. The molecule has 1 heterocycles. The molecule has 1 aromatic rings. The number of likely N-dealkylation sites (N-methyl/N-ethyl adjacent to an activating group) is 1. The molecule has 0 bridgehead atoms. The number of nitrogens with zero attached hydrogens (tertiary/aromatic N) is 1. The summed E-state index contributed by atoms with van der Waals surface area (Å²) in [4.78, 5) is 2.33. The SMILES string of the molecule is CN1CCC(Nc2ccc(Br)cc2N)C1. The number of halogens is 1. The number of benzene rings is 1. The number of rotatable bonds is 2. The van der Waals surface area contributed by atoms with Gasteiger partial charge in [-0.05, 0) is 38.2 Å². The summed E-state index contributed by atoms with van der Waals surface area (Å²) in [6, 6.07) is 6.49. The lowest BCUT2D eigenvalue weighted by Gasteiger charge is -2.16. The second kappa shape index (κ2) is 4.41. The zero-order valence-electron chi connectivity index (χ0n) is 8.83. The summed E-state index contributed by atoms with van der Waals surface area (Å²) in [6.45, 7) is 2.25. The van der Waals surface area contributed by atoms with E-state index in [1.807, 2.05) is 18.2 Å². The summed E-state index contributed by atoms with van der Waals surface area (Å²) >= 11 is 3.40. The first-order valence-electron chi connectivity index (χ1n) is 5.15. The molecule has 3 nitrogen and oxygen atoms in total. The lowest BCUT2D eigenvalue weighted by atomic mass is 10.2. The summed E-state index contributed by atoms with van der Waals surface area (Å²) in [5.74, 6) is 0. The zero-order valence-corrected chi connectivity index (χ0v) is 10.4. The van der Waals surface area contributed by atoms with Gasteiger partial charge in [0.25, 0.3) is 0 Å². The molecule has 82 valence electrons. The first-order chi connectivity index (χ1) is 7.15. The fraction of sp³-hybridized carbons (Fsp3) is 0.455. The number of anilines is 2. The molecule has 1 atom stereocenters. The first-order valence-corrected chi connectivity index (χ1v) is 5.94. The molecule has 1 unspecified atom stereocenters. The Labute approximate surface area is 98.8 Å². The minimum absolute atomic E-state index is 0.526. The molecule has 4 heteroatoms. The quantitative estimate of drug-likeness (QED) is 0.809. The highest BCUT2D eigenvalue weighted by Crippen LogP contribution is 2.25. The summed E-state index contributed by atoms with van der Waals surface area (Å²) in [7, 11) is 2.15. The predicted octanol–water partition coefficient (Wildman–Crippen LogP) is 2.15. The van der Waals surface area contributed by atoms with Crippen molar-refractivity contribution < 1.29 is 0 Å². The van der Waals surface area contributed by atoms with Gasteiger partial charge in [0.05, 0.1) is 11.4 Å². The Kier molecular flexibility index (Phi) is 3.17. The average molecular weight is 270 g/mol. The van der Waals surface area contributed by atoms with Crippen LogP contribution in [0, 0.1) is 0 Å². The fourth-order valence-electron chi connectivity index (χ4n) is 1.94. The van der Waals surface area contributed by atoms with Gasteiger partial charge in [-0.25, -0.2) is 0 Å². The van der Waals surface area contributed by atoms with Crippen LogP contribution < -0.4 is 11.1 Å². The number of likely N-dealkylation sites (tertiary alicyclic amines) is 1. The van der Waals surface area contributed by atoms with Crippen molar-refractivity contribution in [3.8, 4) is 0 Å². The highest BCUT2D eigenvalue weighted by atomic mass is 79.9. The smallest absolute Gasteiger partial charge is 0.0577 e. The van der Waals surface area contributed by atoms with E-state index >= 15 is 0 Å². The highest BCUT2D eigenvalue weighted by molar-refractivity contribution is 9.10. The molecular formula is C11H16BrN3. The number of nitrogens with two attached hydrogens (primary N) is 1. The van der Waals surface area contributed by atoms with Gasteiger partial charge >= 0.3 is 0 Å². The number of nitrogen functional groups attached to an aromatic ring is 1. The Morgan fingerprint density at radius 3 is 2.93 bits per heavy atom. The van der Waals surface area contributed by atoms with Gasteiger partial charge in [-0.3, -0.25) is 0 Å². The van der Waals surface area contributed by atoms with Crippen molar-refractivity contribution in [2.75, 3.05) is 31.2 Å². The summed E-state index contributed by atoms with van der Waals surface area (Å²) < 4.78 is 1.02. The molecule has 1 saturated heterocycles. The normalized spacial score (nSPS) is 21.9. The van der Waals surface area contributed by atoms with E-state index in [2.05, 4.69) is 33.2 Å². The predicted molar refractivity (Wildman–Crippen MR) is 68.1 cm³/mol. The van der Waals surface area contributed by atoms with E-state index in [1.54, 1.807) is 0 Å². The summed E-state index contributed by atoms with van der Waals surface area (Å²) in [5, 5.41) is 3.48. The molecule has 1 aliphatic rings. The Balaban J connectivity index is 2.04. The molecular weight excluding hydrogens is 254 g/mol. The molecule has 15 heavy (non-hydrogen) atoms. The van der Waals surface area contributed by atoms with Gasteiger partial charge < -0.3 is 16.0 Å². The Bertz CT molecular complexity index is 354. The summed E-state index contributed by atoms with van der Waals surface area (Å²) in [6.07, 6.45) is 1.19.